The second-order valence-corrected chi connectivity index (χ2v) is 8.51. The fourth-order valence-electron chi connectivity index (χ4n) is 3.57. The van der Waals surface area contributed by atoms with E-state index in [2.05, 4.69) is 73.2 Å². The molecule has 0 aliphatic rings. The molecule has 150 valence electrons. The molecule has 0 fully saturated rings. The monoisotopic (exact) mass is 404 g/mol. The van der Waals surface area contributed by atoms with Gasteiger partial charge in [-0.25, -0.2) is 4.98 Å². The zero-order valence-corrected chi connectivity index (χ0v) is 18.3. The van der Waals surface area contributed by atoms with Gasteiger partial charge >= 0.3 is 0 Å². The largest absolute Gasteiger partial charge is 0.494 e. The van der Waals surface area contributed by atoms with E-state index < -0.39 is 0 Å². The highest BCUT2D eigenvalue weighted by Gasteiger charge is 2.17. The van der Waals surface area contributed by atoms with Crippen LogP contribution in [0.25, 0.3) is 27.4 Å². The second kappa shape index (κ2) is 8.83. The molecule has 0 saturated heterocycles. The topological polar surface area (TPSA) is 27.1 Å². The summed E-state index contributed by atoms with van der Waals surface area (Å²) in [5, 5.41) is 2.13. The molecule has 0 bridgehead atoms. The second-order valence-electron chi connectivity index (χ2n) is 7.60. The lowest BCUT2D eigenvalue weighted by atomic mass is 10.2. The lowest BCUT2D eigenvalue weighted by molar-refractivity contribution is 0.305. The first-order chi connectivity index (χ1) is 14.2. The molecule has 2 aromatic heterocycles. The van der Waals surface area contributed by atoms with E-state index >= 15 is 0 Å². The summed E-state index contributed by atoms with van der Waals surface area (Å²) in [6, 6.07) is 17.1. The number of aromatic nitrogens is 2. The van der Waals surface area contributed by atoms with Crippen LogP contribution in [0.15, 0.2) is 53.9 Å². The molecule has 0 saturated carbocycles. The molecule has 0 unspecified atom stereocenters. The predicted molar refractivity (Wildman–Crippen MR) is 123 cm³/mol. The molecule has 0 aliphatic heterocycles. The van der Waals surface area contributed by atoms with Crippen molar-refractivity contribution < 1.29 is 4.74 Å². The summed E-state index contributed by atoms with van der Waals surface area (Å²) in [4.78, 5) is 6.21. The first-order valence-electron chi connectivity index (χ1n) is 10.4. The summed E-state index contributed by atoms with van der Waals surface area (Å²) >= 11 is 1.74. The van der Waals surface area contributed by atoms with Gasteiger partial charge in [0.05, 0.1) is 22.5 Å². The van der Waals surface area contributed by atoms with Gasteiger partial charge in [0.1, 0.15) is 5.75 Å². The molecule has 3 nitrogen and oxygen atoms in total. The molecule has 2 aromatic carbocycles. The lowest BCUT2D eigenvalue weighted by Gasteiger charge is -2.11. The van der Waals surface area contributed by atoms with Crippen molar-refractivity contribution in [2.75, 3.05) is 6.61 Å². The van der Waals surface area contributed by atoms with Gasteiger partial charge in [0.2, 0.25) is 0 Å². The third-order valence-corrected chi connectivity index (χ3v) is 6.26. The van der Waals surface area contributed by atoms with E-state index in [4.69, 9.17) is 9.72 Å². The van der Waals surface area contributed by atoms with Gasteiger partial charge in [-0.1, -0.05) is 43.9 Å². The minimum absolute atomic E-state index is 0.765. The van der Waals surface area contributed by atoms with Crippen LogP contribution in [0.1, 0.15) is 43.7 Å². The van der Waals surface area contributed by atoms with Crippen molar-refractivity contribution in [2.45, 2.75) is 46.5 Å². The van der Waals surface area contributed by atoms with Crippen LogP contribution >= 0.6 is 11.3 Å². The van der Waals surface area contributed by atoms with Crippen molar-refractivity contribution in [3.63, 3.8) is 0 Å². The van der Waals surface area contributed by atoms with E-state index in [9.17, 15) is 0 Å². The standard InChI is InChI=1S/C25H28N2OS/c1-4-5-6-7-15-28-21-12-13-22-23(17-21)27(20-10-8-18(2)9-11-20)25(26-22)24-19(3)14-16-29-24/h8-14,16-17H,4-7,15H2,1-3H3. The third kappa shape index (κ3) is 4.23. The summed E-state index contributed by atoms with van der Waals surface area (Å²) in [6.45, 7) is 7.26. The van der Waals surface area contributed by atoms with Crippen molar-refractivity contribution in [2.24, 2.45) is 0 Å². The van der Waals surface area contributed by atoms with Crippen LogP contribution < -0.4 is 4.74 Å². The molecule has 4 heteroatoms. The van der Waals surface area contributed by atoms with Crippen molar-refractivity contribution >= 4 is 22.4 Å². The predicted octanol–water partition coefficient (Wildman–Crippen LogP) is 7.33. The first kappa shape index (κ1) is 19.7. The maximum absolute atomic E-state index is 6.06. The Bertz CT molecular complexity index is 1090. The Morgan fingerprint density at radius 3 is 2.52 bits per heavy atom. The highest BCUT2D eigenvalue weighted by Crippen LogP contribution is 2.35. The van der Waals surface area contributed by atoms with Gasteiger partial charge in [-0.05, 0) is 61.5 Å². The molecule has 0 radical (unpaired) electrons. The van der Waals surface area contributed by atoms with Crippen LogP contribution in [0.2, 0.25) is 0 Å². The fraction of sp³-hybridized carbons (Fsp3) is 0.320. The number of thiophene rings is 1. The van der Waals surface area contributed by atoms with Gasteiger partial charge in [0.25, 0.3) is 0 Å². The fourth-order valence-corrected chi connectivity index (χ4v) is 4.48. The molecule has 0 spiro atoms. The Balaban J connectivity index is 1.76. The van der Waals surface area contributed by atoms with Crippen LogP contribution in [0, 0.1) is 13.8 Å². The van der Waals surface area contributed by atoms with Crippen LogP contribution in [0.4, 0.5) is 0 Å². The minimum atomic E-state index is 0.765. The summed E-state index contributed by atoms with van der Waals surface area (Å²) in [7, 11) is 0. The molecule has 0 atom stereocenters. The summed E-state index contributed by atoms with van der Waals surface area (Å²) in [5.74, 6) is 1.91. The van der Waals surface area contributed by atoms with Crippen molar-refractivity contribution in [3.8, 4) is 22.1 Å². The molecule has 2 heterocycles. The molecular weight excluding hydrogens is 376 g/mol. The summed E-state index contributed by atoms with van der Waals surface area (Å²) in [6.07, 6.45) is 4.84. The average Bonchev–Trinajstić information content (AvgIpc) is 3.31. The van der Waals surface area contributed by atoms with Crippen molar-refractivity contribution in [3.05, 3.63) is 65.0 Å². The maximum atomic E-state index is 6.06. The number of ether oxygens (including phenoxy) is 1. The Hall–Kier alpha value is -2.59. The lowest BCUT2D eigenvalue weighted by Crippen LogP contribution is -1.99. The highest BCUT2D eigenvalue weighted by atomic mass is 32.1. The number of benzene rings is 2. The van der Waals surface area contributed by atoms with E-state index in [1.54, 1.807) is 11.3 Å². The van der Waals surface area contributed by atoms with Gasteiger partial charge in [0, 0.05) is 11.8 Å². The highest BCUT2D eigenvalue weighted by molar-refractivity contribution is 7.13. The number of nitrogens with zero attached hydrogens (tertiary/aromatic N) is 2. The van der Waals surface area contributed by atoms with Crippen LogP contribution in [-0.4, -0.2) is 16.2 Å². The number of hydrogen-bond acceptors (Lipinski definition) is 3. The molecule has 0 N–H and O–H groups in total. The SMILES string of the molecule is CCCCCCOc1ccc2nc(-c3sccc3C)n(-c3ccc(C)cc3)c2c1. The Labute approximate surface area is 177 Å². The van der Waals surface area contributed by atoms with E-state index in [0.29, 0.717) is 0 Å². The van der Waals surface area contributed by atoms with E-state index in [1.807, 2.05) is 6.07 Å². The molecule has 4 rings (SSSR count). The summed E-state index contributed by atoms with van der Waals surface area (Å²) in [5.41, 5.74) is 5.71. The van der Waals surface area contributed by atoms with Gasteiger partial charge in [0.15, 0.2) is 5.82 Å². The third-order valence-electron chi connectivity index (χ3n) is 5.25. The Morgan fingerprint density at radius 2 is 1.79 bits per heavy atom. The zero-order valence-electron chi connectivity index (χ0n) is 17.4. The smallest absolute Gasteiger partial charge is 0.156 e. The summed E-state index contributed by atoms with van der Waals surface area (Å²) < 4.78 is 8.32. The molecule has 0 aliphatic carbocycles. The number of aryl methyl sites for hydroxylation is 2. The number of fused-ring (bicyclic) bond motifs is 1. The normalized spacial score (nSPS) is 11.3. The molecule has 0 amide bonds. The number of hydrogen-bond donors (Lipinski definition) is 0. The molecule has 4 aromatic rings. The van der Waals surface area contributed by atoms with Gasteiger partial charge in [-0.15, -0.1) is 11.3 Å². The Kier molecular flexibility index (Phi) is 6.00. The van der Waals surface area contributed by atoms with Gasteiger partial charge in [-0.3, -0.25) is 4.57 Å². The van der Waals surface area contributed by atoms with Crippen LogP contribution in [-0.2, 0) is 0 Å². The molecule has 29 heavy (non-hydrogen) atoms. The molecular formula is C25H28N2OS. The van der Waals surface area contributed by atoms with E-state index in [0.717, 1.165) is 41.3 Å². The number of imidazole rings is 1. The van der Waals surface area contributed by atoms with Gasteiger partial charge < -0.3 is 4.74 Å². The quantitative estimate of drug-likeness (QED) is 0.287. The van der Waals surface area contributed by atoms with Gasteiger partial charge in [-0.2, -0.15) is 0 Å². The van der Waals surface area contributed by atoms with E-state index in [-0.39, 0.29) is 0 Å². The number of unbranched alkanes of at least 4 members (excludes halogenated alkanes) is 3. The maximum Gasteiger partial charge on any atom is 0.156 e. The first-order valence-corrected chi connectivity index (χ1v) is 11.3. The van der Waals surface area contributed by atoms with Crippen molar-refractivity contribution in [1.82, 2.24) is 9.55 Å². The zero-order chi connectivity index (χ0) is 20.2. The van der Waals surface area contributed by atoms with E-state index in [1.165, 1.54) is 35.3 Å². The van der Waals surface area contributed by atoms with Crippen LogP contribution in [0.5, 0.6) is 5.75 Å². The van der Waals surface area contributed by atoms with Crippen molar-refractivity contribution in [1.29, 1.82) is 0 Å². The van der Waals surface area contributed by atoms with Crippen LogP contribution in [0.3, 0.4) is 0 Å². The number of rotatable bonds is 8. The Morgan fingerprint density at radius 1 is 0.966 bits per heavy atom. The minimum Gasteiger partial charge on any atom is -0.494 e. The average molecular weight is 405 g/mol.